The largest absolute Gasteiger partial charge is 0.466 e. The summed E-state index contributed by atoms with van der Waals surface area (Å²) in [6.45, 7) is 4.93. The molecule has 0 bridgehead atoms. The van der Waals surface area contributed by atoms with Crippen molar-refractivity contribution in [3.05, 3.63) is 36.5 Å². The number of nitrogens with one attached hydrogen (secondary N) is 1. The zero-order valence-corrected chi connectivity index (χ0v) is 55.5. The molecule has 0 rings (SSSR count). The van der Waals surface area contributed by atoms with Crippen LogP contribution in [0.3, 0.4) is 0 Å². The number of aliphatic hydroxyl groups is 2. The molecule has 6 nitrogen and oxygen atoms in total. The molecule has 0 aliphatic rings. The molecule has 3 N–H and O–H groups in total. The second kappa shape index (κ2) is 71.6. The molecule has 2 unspecified atom stereocenters. The van der Waals surface area contributed by atoms with Crippen molar-refractivity contribution < 1.29 is 24.5 Å². The van der Waals surface area contributed by atoms with Crippen molar-refractivity contribution in [1.29, 1.82) is 0 Å². The molecule has 2 atom stereocenters. The fourth-order valence-corrected chi connectivity index (χ4v) is 11.7. The summed E-state index contributed by atoms with van der Waals surface area (Å²) in [4.78, 5) is 24.6. The van der Waals surface area contributed by atoms with Gasteiger partial charge in [0.25, 0.3) is 0 Å². The molecule has 0 aliphatic heterocycles. The third-order valence-electron chi connectivity index (χ3n) is 17.4. The molecular weight excluding hydrogens is 1010 g/mol. The molecule has 0 heterocycles. The van der Waals surface area contributed by atoms with Crippen LogP contribution < -0.4 is 5.32 Å². The van der Waals surface area contributed by atoms with Gasteiger partial charge >= 0.3 is 5.97 Å². The minimum Gasteiger partial charge on any atom is -0.466 e. The predicted molar refractivity (Wildman–Crippen MR) is 361 cm³/mol. The van der Waals surface area contributed by atoms with Crippen molar-refractivity contribution in [2.24, 2.45) is 0 Å². The number of allylic oxidation sites excluding steroid dienone is 5. The lowest BCUT2D eigenvalue weighted by Gasteiger charge is -2.20. The Labute approximate surface area is 513 Å². The topological polar surface area (TPSA) is 95.9 Å². The molecule has 0 aliphatic carbocycles. The van der Waals surface area contributed by atoms with Crippen LogP contribution in [0.2, 0.25) is 0 Å². The molecule has 82 heavy (non-hydrogen) atoms. The number of hydrogen-bond donors (Lipinski definition) is 3. The Balaban J connectivity index is 3.35. The Kier molecular flexibility index (Phi) is 69.9. The number of unbranched alkanes of at least 4 members (excludes halogenated alkanes) is 55. The summed E-state index contributed by atoms with van der Waals surface area (Å²) in [7, 11) is 0. The zero-order valence-electron chi connectivity index (χ0n) is 55.5. The van der Waals surface area contributed by atoms with E-state index < -0.39 is 12.1 Å². The summed E-state index contributed by atoms with van der Waals surface area (Å²) in [5, 5.41) is 23.2. The standard InChI is InChI=1S/C76H145NO5/c1-3-5-7-9-11-13-15-17-19-37-42-46-50-54-58-62-66-70-76(81)82-71-67-63-59-55-51-47-43-39-36-34-32-30-28-26-24-22-20-21-23-25-27-29-31-33-35-38-41-45-49-53-57-61-65-69-75(80)77-73(72-78)74(79)68-64-60-56-52-48-44-40-18-16-14-12-10-8-6-4-2/h17,19,24,26,64,68,73-74,78-79H,3-16,18,20-23,25,27-63,65-67,69-72H2,1-2H3,(H,77,80)/b19-17-,26-24-,68-64+. The van der Waals surface area contributed by atoms with E-state index in [9.17, 15) is 19.8 Å². The maximum Gasteiger partial charge on any atom is 0.305 e. The number of ether oxygens (including phenoxy) is 1. The van der Waals surface area contributed by atoms with E-state index in [1.165, 1.54) is 340 Å². The van der Waals surface area contributed by atoms with E-state index in [0.717, 1.165) is 44.9 Å². The molecule has 0 aromatic heterocycles. The highest BCUT2D eigenvalue weighted by atomic mass is 16.5. The van der Waals surface area contributed by atoms with E-state index in [1.807, 2.05) is 6.08 Å². The van der Waals surface area contributed by atoms with Crippen LogP contribution in [-0.4, -0.2) is 47.4 Å². The molecule has 0 saturated carbocycles. The van der Waals surface area contributed by atoms with Crippen LogP contribution in [0.4, 0.5) is 0 Å². The molecule has 0 radical (unpaired) electrons. The van der Waals surface area contributed by atoms with Gasteiger partial charge in [0, 0.05) is 12.8 Å². The molecule has 6 heteroatoms. The second-order valence-corrected chi connectivity index (χ2v) is 25.6. The van der Waals surface area contributed by atoms with Crippen LogP contribution in [0.25, 0.3) is 0 Å². The quantitative estimate of drug-likeness (QED) is 0.0320. The van der Waals surface area contributed by atoms with Crippen molar-refractivity contribution in [1.82, 2.24) is 5.32 Å². The molecule has 484 valence electrons. The number of amides is 1. The van der Waals surface area contributed by atoms with Gasteiger partial charge in [0.05, 0.1) is 25.4 Å². The van der Waals surface area contributed by atoms with E-state index in [2.05, 4.69) is 43.5 Å². The first-order valence-electron chi connectivity index (χ1n) is 37.3. The van der Waals surface area contributed by atoms with Gasteiger partial charge in [0.2, 0.25) is 5.91 Å². The van der Waals surface area contributed by atoms with Gasteiger partial charge in [0.15, 0.2) is 0 Å². The summed E-state index contributed by atoms with van der Waals surface area (Å²) in [5.74, 6) is -0.0469. The van der Waals surface area contributed by atoms with Crippen LogP contribution in [0.1, 0.15) is 412 Å². The highest BCUT2D eigenvalue weighted by molar-refractivity contribution is 5.76. The maximum absolute atomic E-state index is 12.5. The first kappa shape index (κ1) is 80.1. The average Bonchev–Trinajstić information content (AvgIpc) is 3.48. The number of hydrogen-bond acceptors (Lipinski definition) is 5. The van der Waals surface area contributed by atoms with Gasteiger partial charge in [-0.05, 0) is 83.5 Å². The van der Waals surface area contributed by atoms with E-state index in [1.54, 1.807) is 6.08 Å². The first-order valence-corrected chi connectivity index (χ1v) is 37.3. The van der Waals surface area contributed by atoms with E-state index in [0.29, 0.717) is 19.4 Å². The maximum atomic E-state index is 12.5. The smallest absolute Gasteiger partial charge is 0.305 e. The third-order valence-corrected chi connectivity index (χ3v) is 17.4. The molecule has 0 aromatic rings. The summed E-state index contributed by atoms with van der Waals surface area (Å²) < 4.78 is 5.50. The Morgan fingerprint density at radius 1 is 0.329 bits per heavy atom. The summed E-state index contributed by atoms with van der Waals surface area (Å²) in [6, 6.07) is -0.625. The highest BCUT2D eigenvalue weighted by Gasteiger charge is 2.18. The lowest BCUT2D eigenvalue weighted by atomic mass is 10.0. The lowest BCUT2D eigenvalue weighted by molar-refractivity contribution is -0.143. The first-order chi connectivity index (χ1) is 40.5. The van der Waals surface area contributed by atoms with E-state index in [-0.39, 0.29) is 18.5 Å². The van der Waals surface area contributed by atoms with Crippen molar-refractivity contribution in [2.45, 2.75) is 424 Å². The van der Waals surface area contributed by atoms with Gasteiger partial charge in [-0.25, -0.2) is 0 Å². The van der Waals surface area contributed by atoms with Gasteiger partial charge in [-0.3, -0.25) is 9.59 Å². The average molecular weight is 1150 g/mol. The second-order valence-electron chi connectivity index (χ2n) is 25.6. The van der Waals surface area contributed by atoms with Crippen molar-refractivity contribution in [3.63, 3.8) is 0 Å². The van der Waals surface area contributed by atoms with Crippen molar-refractivity contribution in [2.75, 3.05) is 13.2 Å². The lowest BCUT2D eigenvalue weighted by Crippen LogP contribution is -2.45. The molecule has 0 fully saturated rings. The summed E-state index contributed by atoms with van der Waals surface area (Å²) in [5.41, 5.74) is 0. The minimum atomic E-state index is -0.842. The van der Waals surface area contributed by atoms with Gasteiger partial charge < -0.3 is 20.3 Å². The predicted octanol–water partition coefficient (Wildman–Crippen LogP) is 24.3. The number of rotatable bonds is 70. The van der Waals surface area contributed by atoms with Gasteiger partial charge in [-0.2, -0.15) is 0 Å². The Morgan fingerprint density at radius 3 is 0.866 bits per heavy atom. The SMILES string of the molecule is CCCCCCCC/C=C\CCCCCCCCCC(=O)OCCCCCCCCCCCCCC/C=C\CCCCCCCCCCCCCCCCCCCC(=O)NC(CO)C(O)/C=C/CCCCCCCCCCCCCCC. The Bertz CT molecular complexity index is 1330. The molecule has 0 spiro atoms. The van der Waals surface area contributed by atoms with Crippen LogP contribution >= 0.6 is 0 Å². The third kappa shape index (κ3) is 67.2. The Morgan fingerprint density at radius 2 is 0.573 bits per heavy atom. The van der Waals surface area contributed by atoms with Crippen LogP contribution in [0, 0.1) is 0 Å². The summed E-state index contributed by atoms with van der Waals surface area (Å²) >= 11 is 0. The van der Waals surface area contributed by atoms with Crippen LogP contribution in [0.5, 0.6) is 0 Å². The molecular formula is C76H145NO5. The fraction of sp³-hybridized carbons (Fsp3) is 0.895. The van der Waals surface area contributed by atoms with Gasteiger partial charge in [-0.15, -0.1) is 0 Å². The van der Waals surface area contributed by atoms with Gasteiger partial charge in [0.1, 0.15) is 0 Å². The van der Waals surface area contributed by atoms with Crippen LogP contribution in [-0.2, 0) is 14.3 Å². The van der Waals surface area contributed by atoms with E-state index in [4.69, 9.17) is 4.74 Å². The molecule has 0 saturated heterocycles. The van der Waals surface area contributed by atoms with Crippen LogP contribution in [0.15, 0.2) is 36.5 Å². The van der Waals surface area contributed by atoms with Crippen molar-refractivity contribution in [3.8, 4) is 0 Å². The normalized spacial score (nSPS) is 12.7. The number of aliphatic hydroxyl groups excluding tert-OH is 2. The molecule has 0 aromatic carbocycles. The number of carbonyl (C=O) groups excluding carboxylic acids is 2. The minimum absolute atomic E-state index is 0.0156. The monoisotopic (exact) mass is 1150 g/mol. The fourth-order valence-electron chi connectivity index (χ4n) is 11.7. The highest BCUT2D eigenvalue weighted by Crippen LogP contribution is 2.19. The number of carbonyl (C=O) groups is 2. The number of esters is 1. The summed E-state index contributed by atoms with van der Waals surface area (Å²) in [6.07, 6.45) is 92.5. The Hall–Kier alpha value is -1.92. The molecule has 1 amide bonds. The zero-order chi connectivity index (χ0) is 59.2. The van der Waals surface area contributed by atoms with Crippen molar-refractivity contribution >= 4 is 11.9 Å². The van der Waals surface area contributed by atoms with Gasteiger partial charge in [-0.1, -0.05) is 352 Å². The van der Waals surface area contributed by atoms with E-state index >= 15 is 0 Å².